The molecule has 0 amide bonds. The highest BCUT2D eigenvalue weighted by molar-refractivity contribution is 7.99. The van der Waals surface area contributed by atoms with E-state index in [9.17, 15) is 13.2 Å². The third-order valence-electron chi connectivity index (χ3n) is 4.59. The van der Waals surface area contributed by atoms with E-state index in [0.717, 1.165) is 54.4 Å². The van der Waals surface area contributed by atoms with Gasteiger partial charge in [0.1, 0.15) is 10.5 Å². The monoisotopic (exact) mass is 381 g/mol. The molecular formula is C17H18F3N5S. The number of pyridine rings is 1. The molecule has 0 saturated carbocycles. The van der Waals surface area contributed by atoms with E-state index in [2.05, 4.69) is 16.9 Å². The van der Waals surface area contributed by atoms with Crippen molar-refractivity contribution in [1.82, 2.24) is 24.3 Å². The Morgan fingerprint density at radius 1 is 1.23 bits per heavy atom. The Labute approximate surface area is 152 Å². The number of nitrogens with zero attached hydrogens (tertiary/aromatic N) is 5. The number of thioether (sulfide) groups is 1. The highest BCUT2D eigenvalue weighted by Gasteiger charge is 2.32. The second kappa shape index (κ2) is 6.29. The molecule has 0 spiro atoms. The molecule has 0 radical (unpaired) electrons. The van der Waals surface area contributed by atoms with Gasteiger partial charge in [0.05, 0.1) is 11.3 Å². The molecule has 138 valence electrons. The van der Waals surface area contributed by atoms with Gasteiger partial charge in [-0.05, 0) is 37.5 Å². The first-order chi connectivity index (χ1) is 12.4. The number of fused-ring (bicyclic) bond motifs is 2. The number of halogens is 3. The second-order valence-corrected chi connectivity index (χ2v) is 7.57. The fourth-order valence-corrected chi connectivity index (χ4v) is 4.27. The van der Waals surface area contributed by atoms with Crippen LogP contribution in [0.3, 0.4) is 0 Å². The molecule has 9 heteroatoms. The molecular weight excluding hydrogens is 363 g/mol. The van der Waals surface area contributed by atoms with E-state index in [-0.39, 0.29) is 5.52 Å². The van der Waals surface area contributed by atoms with Gasteiger partial charge in [0.25, 0.3) is 0 Å². The normalized spacial score (nSPS) is 14.8. The van der Waals surface area contributed by atoms with Crippen LogP contribution in [0, 0.1) is 0 Å². The Hall–Kier alpha value is -2.03. The summed E-state index contributed by atoms with van der Waals surface area (Å²) >= 11 is 1.69. The predicted molar refractivity (Wildman–Crippen MR) is 93.7 cm³/mol. The summed E-state index contributed by atoms with van der Waals surface area (Å²) in [7, 11) is 1.76. The molecule has 0 aliphatic heterocycles. The SMILES string of the molecule is CCSc1c2c(nn1-c1nc3cc(C(F)(F)F)cnc3n1C)CCCC2. The fraction of sp³-hybridized carbons (Fsp3) is 0.471. The second-order valence-electron chi connectivity index (χ2n) is 6.32. The largest absolute Gasteiger partial charge is 0.417 e. The van der Waals surface area contributed by atoms with E-state index < -0.39 is 11.7 Å². The number of hydrogen-bond donors (Lipinski definition) is 0. The molecule has 3 aromatic rings. The lowest BCUT2D eigenvalue weighted by Crippen LogP contribution is -2.07. The maximum absolute atomic E-state index is 13.0. The van der Waals surface area contributed by atoms with Gasteiger partial charge in [0.15, 0.2) is 5.65 Å². The van der Waals surface area contributed by atoms with Crippen molar-refractivity contribution >= 4 is 22.9 Å². The topological polar surface area (TPSA) is 48.5 Å². The van der Waals surface area contributed by atoms with Gasteiger partial charge in [-0.3, -0.25) is 4.57 Å². The Morgan fingerprint density at radius 2 is 2.00 bits per heavy atom. The van der Waals surface area contributed by atoms with Crippen molar-refractivity contribution in [2.75, 3.05) is 5.75 Å². The van der Waals surface area contributed by atoms with Crippen molar-refractivity contribution in [2.45, 2.75) is 43.8 Å². The molecule has 26 heavy (non-hydrogen) atoms. The van der Waals surface area contributed by atoms with Crippen molar-refractivity contribution in [3.63, 3.8) is 0 Å². The zero-order valence-electron chi connectivity index (χ0n) is 14.5. The van der Waals surface area contributed by atoms with Crippen molar-refractivity contribution in [3.05, 3.63) is 29.1 Å². The van der Waals surface area contributed by atoms with E-state index >= 15 is 0 Å². The smallest absolute Gasteiger partial charge is 0.296 e. The molecule has 3 aromatic heterocycles. The number of hydrogen-bond acceptors (Lipinski definition) is 4. The quantitative estimate of drug-likeness (QED) is 0.639. The predicted octanol–water partition coefficient (Wildman–Crippen LogP) is 4.16. The zero-order chi connectivity index (χ0) is 18.5. The Bertz CT molecular complexity index is 973. The molecule has 1 aliphatic carbocycles. The maximum atomic E-state index is 13.0. The average Bonchev–Trinajstić information content (AvgIpc) is 3.13. The fourth-order valence-electron chi connectivity index (χ4n) is 3.35. The first kappa shape index (κ1) is 17.4. The number of aromatic nitrogens is 5. The van der Waals surface area contributed by atoms with Crippen molar-refractivity contribution in [3.8, 4) is 5.95 Å². The van der Waals surface area contributed by atoms with Crippen LogP contribution in [-0.2, 0) is 26.1 Å². The van der Waals surface area contributed by atoms with Crippen LogP contribution in [0.5, 0.6) is 0 Å². The Morgan fingerprint density at radius 3 is 2.73 bits per heavy atom. The Balaban J connectivity index is 1.89. The van der Waals surface area contributed by atoms with Gasteiger partial charge in [-0.25, -0.2) is 9.97 Å². The molecule has 1 aliphatic rings. The minimum absolute atomic E-state index is 0.221. The highest BCUT2D eigenvalue weighted by atomic mass is 32.2. The maximum Gasteiger partial charge on any atom is 0.417 e. The number of aryl methyl sites for hydroxylation is 2. The lowest BCUT2D eigenvalue weighted by Gasteiger charge is -2.10. The van der Waals surface area contributed by atoms with Gasteiger partial charge < -0.3 is 0 Å². The lowest BCUT2D eigenvalue weighted by atomic mass is 9.99. The molecule has 0 aromatic carbocycles. The van der Waals surface area contributed by atoms with E-state index in [1.807, 2.05) is 0 Å². The van der Waals surface area contributed by atoms with Gasteiger partial charge in [-0.15, -0.1) is 11.8 Å². The van der Waals surface area contributed by atoms with Crippen LogP contribution in [-0.4, -0.2) is 30.1 Å². The third-order valence-corrected chi connectivity index (χ3v) is 5.57. The Kier molecular flexibility index (Phi) is 4.21. The molecule has 5 nitrogen and oxygen atoms in total. The van der Waals surface area contributed by atoms with Gasteiger partial charge >= 0.3 is 6.18 Å². The lowest BCUT2D eigenvalue weighted by molar-refractivity contribution is -0.137. The van der Waals surface area contributed by atoms with Crippen LogP contribution < -0.4 is 0 Å². The van der Waals surface area contributed by atoms with E-state index in [1.54, 1.807) is 28.1 Å². The summed E-state index contributed by atoms with van der Waals surface area (Å²) in [5.41, 5.74) is 2.16. The van der Waals surface area contributed by atoms with Gasteiger partial charge in [-0.2, -0.15) is 23.0 Å². The molecule has 0 bridgehead atoms. The summed E-state index contributed by atoms with van der Waals surface area (Å²) in [5.74, 6) is 1.38. The third kappa shape index (κ3) is 2.78. The van der Waals surface area contributed by atoms with Gasteiger partial charge in [0, 0.05) is 18.8 Å². The van der Waals surface area contributed by atoms with Crippen molar-refractivity contribution < 1.29 is 13.2 Å². The minimum atomic E-state index is -4.44. The van der Waals surface area contributed by atoms with E-state index in [4.69, 9.17) is 5.10 Å². The number of imidazole rings is 1. The van der Waals surface area contributed by atoms with Crippen LogP contribution in [0.2, 0.25) is 0 Å². The van der Waals surface area contributed by atoms with Crippen LogP contribution in [0.15, 0.2) is 17.3 Å². The van der Waals surface area contributed by atoms with Crippen LogP contribution in [0.4, 0.5) is 13.2 Å². The molecule has 4 rings (SSSR count). The molecule has 0 fully saturated rings. The summed E-state index contributed by atoms with van der Waals surface area (Å²) in [6, 6.07) is 1.04. The summed E-state index contributed by atoms with van der Waals surface area (Å²) in [6.45, 7) is 2.07. The molecule has 0 N–H and O–H groups in total. The first-order valence-electron chi connectivity index (χ1n) is 8.53. The first-order valence-corrected chi connectivity index (χ1v) is 9.52. The zero-order valence-corrected chi connectivity index (χ0v) is 15.3. The number of alkyl halides is 3. The van der Waals surface area contributed by atoms with Gasteiger partial charge in [-0.1, -0.05) is 6.92 Å². The average molecular weight is 381 g/mol. The van der Waals surface area contributed by atoms with Crippen LogP contribution in [0.1, 0.15) is 36.6 Å². The highest BCUT2D eigenvalue weighted by Crippen LogP contribution is 2.34. The summed E-state index contributed by atoms with van der Waals surface area (Å²) in [5, 5.41) is 5.77. The van der Waals surface area contributed by atoms with E-state index in [0.29, 0.717) is 11.6 Å². The summed E-state index contributed by atoms with van der Waals surface area (Å²) < 4.78 is 42.4. The van der Waals surface area contributed by atoms with Gasteiger partial charge in [0.2, 0.25) is 5.95 Å². The van der Waals surface area contributed by atoms with Crippen LogP contribution in [0.25, 0.3) is 17.1 Å². The summed E-state index contributed by atoms with van der Waals surface area (Å²) in [6.07, 6.45) is 0.572. The summed E-state index contributed by atoms with van der Waals surface area (Å²) in [4.78, 5) is 8.41. The molecule has 3 heterocycles. The van der Waals surface area contributed by atoms with Crippen LogP contribution >= 0.6 is 11.8 Å². The minimum Gasteiger partial charge on any atom is -0.296 e. The van der Waals surface area contributed by atoms with Crippen molar-refractivity contribution in [1.29, 1.82) is 0 Å². The molecule has 0 atom stereocenters. The number of rotatable bonds is 3. The molecule has 0 unspecified atom stereocenters. The van der Waals surface area contributed by atoms with Crippen molar-refractivity contribution in [2.24, 2.45) is 7.05 Å². The standard InChI is InChI=1S/C17H18F3N5S/c1-3-26-15-11-6-4-5-7-12(11)23-25(15)16-22-13-8-10(17(18,19)20)9-21-14(13)24(16)2/h8-9H,3-7H2,1-2H3. The van der Waals surface area contributed by atoms with E-state index in [1.165, 1.54) is 5.56 Å². The molecule has 0 saturated heterocycles.